The van der Waals surface area contributed by atoms with Gasteiger partial charge in [-0.25, -0.2) is 13.2 Å². The van der Waals surface area contributed by atoms with Crippen LogP contribution in [0.3, 0.4) is 0 Å². The number of esters is 1. The Morgan fingerprint density at radius 2 is 2.15 bits per heavy atom. The molecule has 0 aromatic heterocycles. The summed E-state index contributed by atoms with van der Waals surface area (Å²) in [5.74, 6) is -0.217. The smallest absolute Gasteiger partial charge is 0.339 e. The van der Waals surface area contributed by atoms with Gasteiger partial charge in [-0.1, -0.05) is 0 Å². The summed E-state index contributed by atoms with van der Waals surface area (Å²) in [5, 5.41) is 8.32. The number of hydrogen-bond acceptors (Lipinski definition) is 6. The number of carbonyl (C=O) groups excluding carboxylic acids is 1. The van der Waals surface area contributed by atoms with Gasteiger partial charge in [-0.15, -0.1) is 11.8 Å². The first-order valence-corrected chi connectivity index (χ1v) is 8.67. The van der Waals surface area contributed by atoms with Gasteiger partial charge >= 0.3 is 5.97 Å². The van der Waals surface area contributed by atoms with Gasteiger partial charge in [0.2, 0.25) is 0 Å². The molecule has 5 nitrogen and oxygen atoms in total. The minimum absolute atomic E-state index is 0.275. The van der Waals surface area contributed by atoms with Gasteiger partial charge in [0.25, 0.3) is 0 Å². The number of ether oxygens (including phenoxy) is 1. The first-order valence-electron chi connectivity index (χ1n) is 5.73. The van der Waals surface area contributed by atoms with Crippen molar-refractivity contribution in [1.82, 2.24) is 0 Å². The number of methoxy groups -OCH3 is 1. The topological polar surface area (TPSA) is 84.2 Å². The largest absolute Gasteiger partial charge is 0.465 e. The number of sulfone groups is 1. The molecule has 0 heterocycles. The minimum atomic E-state index is -3.11. The fourth-order valence-electron chi connectivity index (χ4n) is 1.33. The maximum atomic E-state index is 11.7. The van der Waals surface area contributed by atoms with E-state index in [9.17, 15) is 13.2 Å². The van der Waals surface area contributed by atoms with E-state index in [1.54, 1.807) is 19.1 Å². The highest BCUT2D eigenvalue weighted by atomic mass is 32.2. The Bertz CT molecular complexity index is 647. The molecule has 20 heavy (non-hydrogen) atoms. The lowest BCUT2D eigenvalue weighted by Gasteiger charge is -2.11. The van der Waals surface area contributed by atoms with Crippen LogP contribution >= 0.6 is 11.8 Å². The number of carbonyl (C=O) groups is 1. The average molecular weight is 313 g/mol. The third-order valence-electron chi connectivity index (χ3n) is 2.72. The fraction of sp³-hybridized carbons (Fsp3) is 0.385. The quantitative estimate of drug-likeness (QED) is 0.609. The average Bonchev–Trinajstić information content (AvgIpc) is 2.42. The molecule has 108 valence electrons. The van der Waals surface area contributed by atoms with E-state index in [-0.39, 0.29) is 5.56 Å². The van der Waals surface area contributed by atoms with Crippen LogP contribution in [0.4, 0.5) is 0 Å². The van der Waals surface area contributed by atoms with Crippen LogP contribution in [0.2, 0.25) is 0 Å². The lowest BCUT2D eigenvalue weighted by Crippen LogP contribution is -2.18. The molecule has 1 aromatic rings. The second-order valence-electron chi connectivity index (χ2n) is 4.27. The molecule has 1 unspecified atom stereocenters. The summed E-state index contributed by atoms with van der Waals surface area (Å²) in [4.78, 5) is 12.3. The van der Waals surface area contributed by atoms with E-state index in [1.165, 1.54) is 31.2 Å². The summed E-state index contributed by atoms with van der Waals surface area (Å²) in [6.07, 6.45) is 1.18. The Balaban J connectivity index is 3.01. The standard InChI is InChI=1S/C13H15NO4S2/c1-9(20(3,16)17)8-19-12-5-4-10(7-14)6-11(12)13(15)18-2/h4-6,9H,8H2,1-3H3. The summed E-state index contributed by atoms with van der Waals surface area (Å²) in [7, 11) is -1.85. The SMILES string of the molecule is COC(=O)c1cc(C#N)ccc1SCC(C)S(C)(=O)=O. The van der Waals surface area contributed by atoms with Crippen LogP contribution < -0.4 is 0 Å². The molecule has 1 aromatic carbocycles. The summed E-state index contributed by atoms with van der Waals surface area (Å²) in [5.41, 5.74) is 0.628. The molecule has 0 saturated heterocycles. The van der Waals surface area contributed by atoms with Gasteiger partial charge < -0.3 is 4.74 Å². The van der Waals surface area contributed by atoms with E-state index in [2.05, 4.69) is 4.74 Å². The Labute approximate surface area is 122 Å². The highest BCUT2D eigenvalue weighted by molar-refractivity contribution is 8.00. The molecule has 0 aliphatic carbocycles. The molecule has 0 aliphatic rings. The Kier molecular flexibility index (Phi) is 5.60. The van der Waals surface area contributed by atoms with Crippen LogP contribution in [-0.4, -0.2) is 38.8 Å². The molecule has 0 fully saturated rings. The Morgan fingerprint density at radius 1 is 1.50 bits per heavy atom. The fourth-order valence-corrected chi connectivity index (χ4v) is 3.39. The first kappa shape index (κ1) is 16.5. The zero-order valence-corrected chi connectivity index (χ0v) is 13.0. The number of nitrogens with zero attached hydrogens (tertiary/aromatic N) is 1. The lowest BCUT2D eigenvalue weighted by molar-refractivity contribution is 0.0596. The summed E-state index contributed by atoms with van der Waals surface area (Å²) in [6, 6.07) is 6.61. The van der Waals surface area contributed by atoms with E-state index < -0.39 is 21.1 Å². The van der Waals surface area contributed by atoms with Crippen LogP contribution in [-0.2, 0) is 14.6 Å². The molecule has 7 heteroatoms. The van der Waals surface area contributed by atoms with Crippen LogP contribution in [0, 0.1) is 11.3 Å². The zero-order chi connectivity index (χ0) is 15.3. The normalized spacial score (nSPS) is 12.5. The Hall–Kier alpha value is -1.52. The van der Waals surface area contributed by atoms with E-state index in [1.807, 2.05) is 6.07 Å². The van der Waals surface area contributed by atoms with Crippen molar-refractivity contribution in [3.8, 4) is 6.07 Å². The van der Waals surface area contributed by atoms with Crippen molar-refractivity contribution in [3.05, 3.63) is 29.3 Å². The maximum absolute atomic E-state index is 11.7. The number of benzene rings is 1. The molecule has 0 bridgehead atoms. The molecule has 0 N–H and O–H groups in total. The monoisotopic (exact) mass is 313 g/mol. The lowest BCUT2D eigenvalue weighted by atomic mass is 10.1. The molecular formula is C13H15NO4S2. The summed E-state index contributed by atoms with van der Waals surface area (Å²) >= 11 is 1.26. The van der Waals surface area contributed by atoms with Gasteiger partial charge in [0.15, 0.2) is 9.84 Å². The number of rotatable bonds is 5. The van der Waals surface area contributed by atoms with Gasteiger partial charge in [0, 0.05) is 16.9 Å². The van der Waals surface area contributed by atoms with Crippen molar-refractivity contribution in [1.29, 1.82) is 5.26 Å². The highest BCUT2D eigenvalue weighted by Gasteiger charge is 2.18. The molecule has 1 atom stereocenters. The molecule has 0 aliphatic heterocycles. The van der Waals surface area contributed by atoms with Crippen LogP contribution in [0.15, 0.2) is 23.1 Å². The number of hydrogen-bond donors (Lipinski definition) is 0. The maximum Gasteiger partial charge on any atom is 0.339 e. The van der Waals surface area contributed by atoms with Crippen LogP contribution in [0.5, 0.6) is 0 Å². The molecule has 1 rings (SSSR count). The van der Waals surface area contributed by atoms with Crippen molar-refractivity contribution >= 4 is 27.6 Å². The van der Waals surface area contributed by atoms with E-state index in [0.717, 1.165) is 0 Å². The van der Waals surface area contributed by atoms with E-state index >= 15 is 0 Å². The minimum Gasteiger partial charge on any atom is -0.465 e. The van der Waals surface area contributed by atoms with Crippen LogP contribution in [0.25, 0.3) is 0 Å². The van der Waals surface area contributed by atoms with Crippen molar-refractivity contribution in [2.24, 2.45) is 0 Å². The predicted molar refractivity (Wildman–Crippen MR) is 77.5 cm³/mol. The highest BCUT2D eigenvalue weighted by Crippen LogP contribution is 2.26. The van der Waals surface area contributed by atoms with Gasteiger partial charge in [-0.05, 0) is 25.1 Å². The van der Waals surface area contributed by atoms with Crippen molar-refractivity contribution in [2.75, 3.05) is 19.1 Å². The van der Waals surface area contributed by atoms with Gasteiger partial charge in [0.1, 0.15) is 0 Å². The van der Waals surface area contributed by atoms with Gasteiger partial charge in [-0.2, -0.15) is 5.26 Å². The first-order chi connectivity index (χ1) is 9.29. The van der Waals surface area contributed by atoms with E-state index in [4.69, 9.17) is 5.26 Å². The molecule has 0 saturated carbocycles. The van der Waals surface area contributed by atoms with Gasteiger partial charge in [0.05, 0.1) is 29.6 Å². The van der Waals surface area contributed by atoms with Crippen molar-refractivity contribution < 1.29 is 17.9 Å². The summed E-state index contributed by atoms with van der Waals surface area (Å²) < 4.78 is 27.4. The molecule has 0 spiro atoms. The Morgan fingerprint density at radius 3 is 2.65 bits per heavy atom. The second kappa shape index (κ2) is 6.77. The third-order valence-corrected chi connectivity index (χ3v) is 5.89. The van der Waals surface area contributed by atoms with E-state index in [0.29, 0.717) is 16.2 Å². The third kappa shape index (κ3) is 4.25. The van der Waals surface area contributed by atoms with Crippen molar-refractivity contribution in [3.63, 3.8) is 0 Å². The summed E-state index contributed by atoms with van der Waals surface area (Å²) in [6.45, 7) is 1.61. The molecule has 0 radical (unpaired) electrons. The zero-order valence-electron chi connectivity index (χ0n) is 11.4. The van der Waals surface area contributed by atoms with Gasteiger partial charge in [-0.3, -0.25) is 0 Å². The predicted octanol–water partition coefficient (Wildman–Crippen LogP) is 1.87. The van der Waals surface area contributed by atoms with Crippen LogP contribution in [0.1, 0.15) is 22.8 Å². The second-order valence-corrected chi connectivity index (χ2v) is 7.79. The molecule has 0 amide bonds. The van der Waals surface area contributed by atoms with Crippen molar-refractivity contribution in [2.45, 2.75) is 17.1 Å². The number of nitriles is 1. The molecular weight excluding hydrogens is 298 g/mol. The number of thioether (sulfide) groups is 1.